The Morgan fingerprint density at radius 2 is 2.06 bits per heavy atom. The van der Waals surface area contributed by atoms with Gasteiger partial charge in [0.15, 0.2) is 0 Å². The molecule has 18 heavy (non-hydrogen) atoms. The van der Waals surface area contributed by atoms with E-state index < -0.39 is 0 Å². The van der Waals surface area contributed by atoms with Crippen LogP contribution in [0.3, 0.4) is 0 Å². The number of nitrogens with zero attached hydrogens (tertiary/aromatic N) is 4. The first-order valence-electron chi connectivity index (χ1n) is 6.08. The number of hydrogen-bond acceptors (Lipinski definition) is 6. The summed E-state index contributed by atoms with van der Waals surface area (Å²) in [4.78, 5) is 14.5. The molecule has 1 rings (SSSR count). The molecule has 0 aromatic carbocycles. The summed E-state index contributed by atoms with van der Waals surface area (Å²) in [5, 5.41) is 3.13. The zero-order valence-corrected chi connectivity index (χ0v) is 11.5. The van der Waals surface area contributed by atoms with E-state index in [1.165, 1.54) is 0 Å². The van der Waals surface area contributed by atoms with E-state index in [-0.39, 0.29) is 0 Å². The number of aromatic nitrogens is 3. The fourth-order valence-corrected chi connectivity index (χ4v) is 1.15. The van der Waals surface area contributed by atoms with E-state index in [2.05, 4.69) is 27.2 Å². The van der Waals surface area contributed by atoms with Gasteiger partial charge < -0.3 is 15.0 Å². The quantitative estimate of drug-likeness (QED) is 0.744. The molecule has 0 unspecified atom stereocenters. The van der Waals surface area contributed by atoms with Crippen molar-refractivity contribution in [2.45, 2.75) is 20.3 Å². The van der Waals surface area contributed by atoms with Gasteiger partial charge in [-0.25, -0.2) is 0 Å². The molecule has 0 saturated carbocycles. The monoisotopic (exact) mass is 251 g/mol. The van der Waals surface area contributed by atoms with Gasteiger partial charge in [-0.3, -0.25) is 0 Å². The zero-order chi connectivity index (χ0) is 13.4. The van der Waals surface area contributed by atoms with Gasteiger partial charge in [0.2, 0.25) is 11.9 Å². The molecular weight excluding hydrogens is 230 g/mol. The Kier molecular flexibility index (Phi) is 5.90. The highest BCUT2D eigenvalue weighted by molar-refractivity contribution is 5.36. The van der Waals surface area contributed by atoms with Crippen molar-refractivity contribution >= 4 is 11.9 Å². The molecular formula is C12H21N5O. The molecule has 0 radical (unpaired) electrons. The standard InChI is InChI=1S/C12H21N5O/c1-5-7-9-18-12-15-10(13-8-6-2)14-11(16-12)17(3)4/h5,7H,6,8-9H2,1-4H3,(H,13,14,15,16)/b7-5+. The summed E-state index contributed by atoms with van der Waals surface area (Å²) >= 11 is 0. The number of anilines is 2. The van der Waals surface area contributed by atoms with E-state index >= 15 is 0 Å². The van der Waals surface area contributed by atoms with Crippen LogP contribution in [0.15, 0.2) is 12.2 Å². The average molecular weight is 251 g/mol. The molecule has 0 aliphatic heterocycles. The number of allylic oxidation sites excluding steroid dienone is 1. The van der Waals surface area contributed by atoms with E-state index in [9.17, 15) is 0 Å². The molecule has 1 aromatic heterocycles. The van der Waals surface area contributed by atoms with Crippen LogP contribution in [0.2, 0.25) is 0 Å². The maximum atomic E-state index is 5.44. The smallest absolute Gasteiger partial charge is 0.323 e. The third-order valence-electron chi connectivity index (χ3n) is 2.08. The lowest BCUT2D eigenvalue weighted by atomic mass is 10.5. The van der Waals surface area contributed by atoms with Gasteiger partial charge in [0.25, 0.3) is 0 Å². The molecule has 0 saturated heterocycles. The Morgan fingerprint density at radius 3 is 2.67 bits per heavy atom. The molecule has 6 nitrogen and oxygen atoms in total. The summed E-state index contributed by atoms with van der Waals surface area (Å²) in [7, 11) is 3.77. The van der Waals surface area contributed by atoms with Crippen LogP contribution in [0.4, 0.5) is 11.9 Å². The lowest BCUT2D eigenvalue weighted by Crippen LogP contribution is -2.16. The molecule has 0 atom stereocenters. The summed E-state index contributed by atoms with van der Waals surface area (Å²) in [6.45, 7) is 5.31. The van der Waals surface area contributed by atoms with Gasteiger partial charge in [-0.05, 0) is 13.3 Å². The van der Waals surface area contributed by atoms with Gasteiger partial charge in [-0.15, -0.1) is 0 Å². The average Bonchev–Trinajstić information content (AvgIpc) is 2.36. The van der Waals surface area contributed by atoms with Crippen LogP contribution in [0.25, 0.3) is 0 Å². The predicted molar refractivity (Wildman–Crippen MR) is 73.2 cm³/mol. The SMILES string of the molecule is C/C=C/COc1nc(NCCC)nc(N(C)C)n1. The van der Waals surface area contributed by atoms with Crippen molar-refractivity contribution in [3.8, 4) is 6.01 Å². The summed E-state index contributed by atoms with van der Waals surface area (Å²) in [5.41, 5.74) is 0. The Hall–Kier alpha value is -1.85. The Morgan fingerprint density at radius 1 is 1.28 bits per heavy atom. The molecule has 0 bridgehead atoms. The van der Waals surface area contributed by atoms with Gasteiger partial charge in [0.1, 0.15) is 6.61 Å². The number of ether oxygens (including phenoxy) is 1. The second-order valence-electron chi connectivity index (χ2n) is 3.94. The molecule has 1 aromatic rings. The maximum Gasteiger partial charge on any atom is 0.323 e. The minimum Gasteiger partial charge on any atom is -0.459 e. The molecule has 0 spiro atoms. The molecule has 1 N–H and O–H groups in total. The van der Waals surface area contributed by atoms with E-state index in [1.54, 1.807) is 0 Å². The number of nitrogens with one attached hydrogen (secondary N) is 1. The third-order valence-corrected chi connectivity index (χ3v) is 2.08. The van der Waals surface area contributed by atoms with Gasteiger partial charge in [-0.2, -0.15) is 15.0 Å². The van der Waals surface area contributed by atoms with Crippen molar-refractivity contribution in [1.82, 2.24) is 15.0 Å². The topological polar surface area (TPSA) is 63.2 Å². The normalized spacial score (nSPS) is 10.7. The fraction of sp³-hybridized carbons (Fsp3) is 0.583. The molecule has 6 heteroatoms. The van der Waals surface area contributed by atoms with Crippen LogP contribution in [0, 0.1) is 0 Å². The van der Waals surface area contributed by atoms with Gasteiger partial charge in [-0.1, -0.05) is 19.1 Å². The molecule has 0 amide bonds. The molecule has 0 fully saturated rings. The minimum absolute atomic E-state index is 0.338. The number of hydrogen-bond donors (Lipinski definition) is 1. The van der Waals surface area contributed by atoms with Crippen molar-refractivity contribution in [1.29, 1.82) is 0 Å². The fourth-order valence-electron chi connectivity index (χ4n) is 1.15. The van der Waals surface area contributed by atoms with Crippen molar-refractivity contribution in [3.05, 3.63) is 12.2 Å². The predicted octanol–water partition coefficient (Wildman–Crippen LogP) is 1.71. The first-order chi connectivity index (χ1) is 8.67. The van der Waals surface area contributed by atoms with Crippen LogP contribution in [0.1, 0.15) is 20.3 Å². The highest BCUT2D eigenvalue weighted by Gasteiger charge is 2.08. The van der Waals surface area contributed by atoms with Crippen LogP contribution in [-0.2, 0) is 0 Å². The second kappa shape index (κ2) is 7.47. The van der Waals surface area contributed by atoms with E-state index in [0.717, 1.165) is 13.0 Å². The largest absolute Gasteiger partial charge is 0.459 e. The molecule has 0 aliphatic carbocycles. The Labute approximate surface area is 108 Å². The summed E-state index contributed by atoms with van der Waals surface area (Å²) in [5.74, 6) is 1.13. The highest BCUT2D eigenvalue weighted by atomic mass is 16.5. The van der Waals surface area contributed by atoms with Crippen LogP contribution in [-0.4, -0.2) is 42.2 Å². The first kappa shape index (κ1) is 14.2. The van der Waals surface area contributed by atoms with Crippen LogP contribution in [0.5, 0.6) is 6.01 Å². The second-order valence-corrected chi connectivity index (χ2v) is 3.94. The number of rotatable bonds is 7. The summed E-state index contributed by atoms with van der Waals surface area (Å²) < 4.78 is 5.44. The van der Waals surface area contributed by atoms with Crippen LogP contribution >= 0.6 is 0 Å². The third kappa shape index (κ3) is 4.57. The first-order valence-corrected chi connectivity index (χ1v) is 6.08. The molecule has 0 aliphatic rings. The Bertz CT molecular complexity index is 392. The Balaban J connectivity index is 2.83. The van der Waals surface area contributed by atoms with Crippen LogP contribution < -0.4 is 15.0 Å². The van der Waals surface area contributed by atoms with Crippen molar-refractivity contribution in [2.75, 3.05) is 37.5 Å². The van der Waals surface area contributed by atoms with Gasteiger partial charge in [0, 0.05) is 20.6 Å². The van der Waals surface area contributed by atoms with E-state index in [0.29, 0.717) is 24.5 Å². The molecule has 100 valence electrons. The lowest BCUT2D eigenvalue weighted by Gasteiger charge is -2.13. The van der Waals surface area contributed by atoms with Crippen molar-refractivity contribution in [2.24, 2.45) is 0 Å². The van der Waals surface area contributed by atoms with Gasteiger partial charge >= 0.3 is 6.01 Å². The summed E-state index contributed by atoms with van der Waals surface area (Å²) in [6, 6.07) is 0.338. The van der Waals surface area contributed by atoms with E-state index in [4.69, 9.17) is 4.74 Å². The van der Waals surface area contributed by atoms with Gasteiger partial charge in [0.05, 0.1) is 0 Å². The lowest BCUT2D eigenvalue weighted by molar-refractivity contribution is 0.332. The zero-order valence-electron chi connectivity index (χ0n) is 11.5. The van der Waals surface area contributed by atoms with Crippen molar-refractivity contribution in [3.63, 3.8) is 0 Å². The molecule has 1 heterocycles. The maximum absolute atomic E-state index is 5.44. The van der Waals surface area contributed by atoms with E-state index in [1.807, 2.05) is 38.1 Å². The highest BCUT2D eigenvalue weighted by Crippen LogP contribution is 2.13. The minimum atomic E-state index is 0.338. The van der Waals surface area contributed by atoms with Crippen molar-refractivity contribution < 1.29 is 4.74 Å². The summed E-state index contributed by atoms with van der Waals surface area (Å²) in [6.07, 6.45) is 4.83.